The van der Waals surface area contributed by atoms with Gasteiger partial charge in [-0.05, 0) is 65.2 Å². The summed E-state index contributed by atoms with van der Waals surface area (Å²) in [7, 11) is 0. The summed E-state index contributed by atoms with van der Waals surface area (Å²) in [5.74, 6) is -1.57. The van der Waals surface area contributed by atoms with Crippen molar-refractivity contribution < 1.29 is 8.78 Å². The van der Waals surface area contributed by atoms with E-state index in [0.717, 1.165) is 22.3 Å². The van der Waals surface area contributed by atoms with Gasteiger partial charge in [-0.1, -0.05) is 77.8 Å². The van der Waals surface area contributed by atoms with E-state index in [1.807, 2.05) is 42.4 Å². The summed E-state index contributed by atoms with van der Waals surface area (Å²) in [5.41, 5.74) is 5.77. The molecule has 0 N–H and O–H groups in total. The Morgan fingerprint density at radius 2 is 1.23 bits per heavy atom. The van der Waals surface area contributed by atoms with Crippen LogP contribution in [0.25, 0.3) is 33.4 Å². The van der Waals surface area contributed by atoms with Crippen LogP contribution < -0.4 is 0 Å². The maximum Gasteiger partial charge on any atom is 0.153 e. The van der Waals surface area contributed by atoms with Crippen molar-refractivity contribution in [2.24, 2.45) is 4.99 Å². The van der Waals surface area contributed by atoms with Crippen LogP contribution in [0.3, 0.4) is 0 Å². The minimum atomic E-state index is -0.786. The van der Waals surface area contributed by atoms with Crippen LogP contribution in [-0.4, -0.2) is 5.16 Å². The summed E-state index contributed by atoms with van der Waals surface area (Å²) >= 11 is 11.0. The molecule has 0 atom stereocenters. The Labute approximate surface area is 189 Å². The second-order valence-corrected chi connectivity index (χ2v) is 7.72. The number of hydrogen-bond acceptors (Lipinski definition) is 2. The Bertz CT molecular complexity index is 1290. The molecule has 5 heteroatoms. The van der Waals surface area contributed by atoms with Gasteiger partial charge < -0.3 is 0 Å². The van der Waals surface area contributed by atoms with Crippen molar-refractivity contribution in [3.8, 4) is 33.4 Å². The normalized spacial score (nSPS) is 10.6. The molecule has 0 saturated heterocycles. The lowest BCUT2D eigenvalue weighted by Crippen LogP contribution is -1.87. The lowest BCUT2D eigenvalue weighted by atomic mass is 9.97. The number of thiocarbonyl (C=S) groups is 1. The average molecular weight is 448 g/mol. The molecule has 4 aromatic carbocycles. The zero-order chi connectivity index (χ0) is 22.0. The van der Waals surface area contributed by atoms with E-state index in [0.29, 0.717) is 16.1 Å². The molecule has 0 bridgehead atoms. The summed E-state index contributed by atoms with van der Waals surface area (Å²) in [6.45, 7) is 2.05. The molecule has 0 aromatic heterocycles. The fraction of sp³-hybridized carbons (Fsp3) is 0.0385. The minimum Gasteiger partial charge on any atom is -0.204 e. The van der Waals surface area contributed by atoms with Gasteiger partial charge in [0.2, 0.25) is 0 Å². The van der Waals surface area contributed by atoms with Crippen LogP contribution in [-0.2, 0) is 0 Å². The molecular weight excluding hydrogens is 432 g/mol. The van der Waals surface area contributed by atoms with E-state index in [1.54, 1.807) is 12.1 Å². The number of isothiocyanates is 1. The second-order valence-electron chi connectivity index (χ2n) is 7.13. The molecule has 0 aliphatic carbocycles. The predicted molar refractivity (Wildman–Crippen MR) is 127 cm³/mol. The van der Waals surface area contributed by atoms with Crippen molar-refractivity contribution in [1.82, 2.24) is 0 Å². The highest BCUT2D eigenvalue weighted by Gasteiger charge is 2.12. The van der Waals surface area contributed by atoms with Crippen LogP contribution in [0, 0.1) is 18.6 Å². The standard InChI is InChI=1S/C26H16ClF2NS/c1-16-2-4-17(5-3-16)20-10-11-22(23(27)12-20)19-8-6-18(7-9-19)21-13-24(28)26(30-15-31)25(29)14-21/h2-14H,1H3. The van der Waals surface area contributed by atoms with Gasteiger partial charge in [-0.25, -0.2) is 8.78 Å². The van der Waals surface area contributed by atoms with Gasteiger partial charge in [-0.2, -0.15) is 4.99 Å². The fourth-order valence-corrected chi connectivity index (χ4v) is 3.78. The molecule has 0 fully saturated rings. The van der Waals surface area contributed by atoms with Crippen molar-refractivity contribution in [2.75, 3.05) is 0 Å². The first kappa shape index (κ1) is 21.1. The van der Waals surface area contributed by atoms with Crippen molar-refractivity contribution >= 4 is 34.7 Å². The Morgan fingerprint density at radius 3 is 1.81 bits per heavy atom. The van der Waals surface area contributed by atoms with E-state index in [4.69, 9.17) is 11.6 Å². The van der Waals surface area contributed by atoms with Gasteiger partial charge in [-0.15, -0.1) is 0 Å². The summed E-state index contributed by atoms with van der Waals surface area (Å²) in [4.78, 5) is 3.44. The summed E-state index contributed by atoms with van der Waals surface area (Å²) in [6.07, 6.45) is 0. The van der Waals surface area contributed by atoms with Gasteiger partial charge in [0.25, 0.3) is 0 Å². The SMILES string of the molecule is Cc1ccc(-c2ccc(-c3ccc(-c4cc(F)c(N=C=S)c(F)c4)cc3)c(Cl)c2)cc1. The van der Waals surface area contributed by atoms with Crippen LogP contribution in [0.1, 0.15) is 5.56 Å². The van der Waals surface area contributed by atoms with Crippen molar-refractivity contribution in [1.29, 1.82) is 0 Å². The first-order valence-electron chi connectivity index (χ1n) is 9.50. The molecule has 0 aliphatic rings. The summed E-state index contributed by atoms with van der Waals surface area (Å²) in [6, 6.07) is 24.0. The maximum atomic E-state index is 14.1. The highest BCUT2D eigenvalue weighted by atomic mass is 35.5. The van der Waals surface area contributed by atoms with E-state index in [-0.39, 0.29) is 0 Å². The van der Waals surface area contributed by atoms with Crippen molar-refractivity contribution in [3.05, 3.63) is 101 Å². The van der Waals surface area contributed by atoms with E-state index in [2.05, 4.69) is 41.5 Å². The van der Waals surface area contributed by atoms with Gasteiger partial charge in [-0.3, -0.25) is 0 Å². The zero-order valence-corrected chi connectivity index (χ0v) is 18.1. The minimum absolute atomic E-state index is 0.408. The monoisotopic (exact) mass is 447 g/mol. The zero-order valence-electron chi connectivity index (χ0n) is 16.5. The molecule has 31 heavy (non-hydrogen) atoms. The van der Waals surface area contributed by atoms with Crippen LogP contribution in [0.4, 0.5) is 14.5 Å². The highest BCUT2D eigenvalue weighted by Crippen LogP contribution is 2.34. The Kier molecular flexibility index (Phi) is 6.06. The Balaban J connectivity index is 1.64. The Morgan fingerprint density at radius 1 is 0.710 bits per heavy atom. The second kappa shape index (κ2) is 8.91. The molecule has 0 spiro atoms. The molecule has 0 radical (unpaired) electrons. The van der Waals surface area contributed by atoms with Gasteiger partial charge >= 0.3 is 0 Å². The van der Waals surface area contributed by atoms with Crippen LogP contribution in [0.5, 0.6) is 0 Å². The highest BCUT2D eigenvalue weighted by molar-refractivity contribution is 7.78. The largest absolute Gasteiger partial charge is 0.204 e. The molecule has 0 unspecified atom stereocenters. The molecule has 0 heterocycles. The number of halogens is 3. The fourth-order valence-electron chi connectivity index (χ4n) is 3.40. The quantitative estimate of drug-likeness (QED) is 0.225. The van der Waals surface area contributed by atoms with Crippen LogP contribution in [0.2, 0.25) is 5.02 Å². The van der Waals surface area contributed by atoms with Gasteiger partial charge in [0.1, 0.15) is 5.69 Å². The van der Waals surface area contributed by atoms with E-state index in [1.165, 1.54) is 17.7 Å². The summed E-state index contributed by atoms with van der Waals surface area (Å²) < 4.78 is 28.3. The molecule has 0 aliphatic heterocycles. The number of nitrogens with zero attached hydrogens (tertiary/aromatic N) is 1. The molecular formula is C26H16ClF2NS. The molecule has 4 rings (SSSR count). The smallest absolute Gasteiger partial charge is 0.153 e. The lowest BCUT2D eigenvalue weighted by Gasteiger charge is -2.10. The van der Waals surface area contributed by atoms with Crippen LogP contribution >= 0.6 is 23.8 Å². The third-order valence-corrected chi connectivity index (χ3v) is 5.46. The van der Waals surface area contributed by atoms with Gasteiger partial charge in [0.15, 0.2) is 11.6 Å². The number of aliphatic imine (C=N–C) groups is 1. The number of benzene rings is 4. The predicted octanol–water partition coefficient (Wildman–Crippen LogP) is 8.66. The first-order valence-corrected chi connectivity index (χ1v) is 10.3. The van der Waals surface area contributed by atoms with Crippen LogP contribution in [0.15, 0.2) is 83.9 Å². The van der Waals surface area contributed by atoms with Gasteiger partial charge in [0, 0.05) is 10.6 Å². The molecule has 4 aromatic rings. The molecule has 0 amide bonds. The average Bonchev–Trinajstić information content (AvgIpc) is 2.77. The van der Waals surface area contributed by atoms with Crippen molar-refractivity contribution in [3.63, 3.8) is 0 Å². The van der Waals surface area contributed by atoms with Gasteiger partial charge in [0.05, 0.1) is 5.16 Å². The lowest BCUT2D eigenvalue weighted by molar-refractivity contribution is 0.588. The van der Waals surface area contributed by atoms with E-state index < -0.39 is 17.3 Å². The topological polar surface area (TPSA) is 12.4 Å². The van der Waals surface area contributed by atoms with E-state index in [9.17, 15) is 8.78 Å². The van der Waals surface area contributed by atoms with E-state index >= 15 is 0 Å². The number of hydrogen-bond donors (Lipinski definition) is 0. The summed E-state index contributed by atoms with van der Waals surface area (Å²) in [5, 5.41) is 2.62. The number of rotatable bonds is 4. The maximum absolute atomic E-state index is 14.1. The first-order chi connectivity index (χ1) is 15.0. The molecule has 0 saturated carbocycles. The van der Waals surface area contributed by atoms with Crippen molar-refractivity contribution in [2.45, 2.75) is 6.92 Å². The third-order valence-electron chi connectivity index (χ3n) is 5.06. The molecule has 152 valence electrons. The molecule has 1 nitrogen and oxygen atoms in total. The number of aryl methyl sites for hydroxylation is 1. The third kappa shape index (κ3) is 4.47. The Hall–Kier alpha value is -3.17.